The molecule has 2 aromatic heterocycles. The Morgan fingerprint density at radius 1 is 1.44 bits per heavy atom. The van der Waals surface area contributed by atoms with E-state index in [9.17, 15) is 4.79 Å². The number of hydrogen-bond acceptors (Lipinski definition) is 3. The van der Waals surface area contributed by atoms with Gasteiger partial charge in [0.2, 0.25) is 0 Å². The summed E-state index contributed by atoms with van der Waals surface area (Å²) in [5.41, 5.74) is 3.53. The van der Waals surface area contributed by atoms with Gasteiger partial charge in [0.25, 0.3) is 0 Å². The molecule has 2 aromatic rings. The molecule has 82 valence electrons. The minimum Gasteiger partial charge on any atom is -0.294 e. The van der Waals surface area contributed by atoms with Crippen molar-refractivity contribution in [2.45, 2.75) is 26.7 Å². The summed E-state index contributed by atoms with van der Waals surface area (Å²) in [6.07, 6.45) is 3.22. The summed E-state index contributed by atoms with van der Waals surface area (Å²) in [6, 6.07) is 1.93. The van der Waals surface area contributed by atoms with Crippen LogP contribution in [-0.2, 0) is 6.42 Å². The molecular formula is C12H13N3O. The first-order valence-corrected chi connectivity index (χ1v) is 5.52. The summed E-state index contributed by atoms with van der Waals surface area (Å²) in [5, 5.41) is 4.40. The van der Waals surface area contributed by atoms with Gasteiger partial charge in [-0.3, -0.25) is 4.79 Å². The number of carbonyl (C=O) groups is 1. The molecule has 1 aliphatic carbocycles. The molecule has 0 amide bonds. The number of rotatable bonds is 0. The zero-order valence-electron chi connectivity index (χ0n) is 9.40. The molecule has 2 heterocycles. The SMILES string of the molecule is Cc1cc2ncc3c(n2n1)CC(C)CC3=O. The molecule has 0 spiro atoms. The van der Waals surface area contributed by atoms with E-state index in [0.29, 0.717) is 12.3 Å². The van der Waals surface area contributed by atoms with Crippen LogP contribution in [0.3, 0.4) is 0 Å². The van der Waals surface area contributed by atoms with Crippen LogP contribution in [0.15, 0.2) is 12.3 Å². The van der Waals surface area contributed by atoms with Gasteiger partial charge in [0.1, 0.15) is 0 Å². The van der Waals surface area contributed by atoms with Crippen molar-refractivity contribution in [3.8, 4) is 0 Å². The first-order chi connectivity index (χ1) is 7.65. The third kappa shape index (κ3) is 1.26. The molecule has 0 radical (unpaired) electrons. The van der Waals surface area contributed by atoms with Crippen LogP contribution in [-0.4, -0.2) is 20.4 Å². The molecule has 1 atom stereocenters. The highest BCUT2D eigenvalue weighted by Crippen LogP contribution is 2.25. The van der Waals surface area contributed by atoms with Crippen molar-refractivity contribution >= 4 is 11.4 Å². The van der Waals surface area contributed by atoms with Crippen LogP contribution in [0.1, 0.15) is 35.1 Å². The summed E-state index contributed by atoms with van der Waals surface area (Å²) in [4.78, 5) is 16.1. The van der Waals surface area contributed by atoms with Crippen LogP contribution in [0.2, 0.25) is 0 Å². The normalized spacial score (nSPS) is 20.1. The summed E-state index contributed by atoms with van der Waals surface area (Å²) in [5.74, 6) is 0.589. The Morgan fingerprint density at radius 3 is 3.06 bits per heavy atom. The highest BCUT2D eigenvalue weighted by Gasteiger charge is 2.25. The predicted octanol–water partition coefficient (Wildman–Crippen LogP) is 1.80. The molecule has 4 nitrogen and oxygen atoms in total. The number of nitrogens with zero attached hydrogens (tertiary/aromatic N) is 3. The maximum absolute atomic E-state index is 11.9. The van der Waals surface area contributed by atoms with E-state index in [1.54, 1.807) is 6.20 Å². The molecule has 0 saturated heterocycles. The molecule has 0 fully saturated rings. The van der Waals surface area contributed by atoms with Crippen molar-refractivity contribution in [3.63, 3.8) is 0 Å². The molecule has 4 heteroatoms. The Hall–Kier alpha value is -1.71. The monoisotopic (exact) mass is 215 g/mol. The standard InChI is InChI=1S/C12H13N3O/c1-7-3-10-9(11(16)4-7)6-13-12-5-8(2)14-15(10)12/h5-7H,3-4H2,1-2H3. The number of fused-ring (bicyclic) bond motifs is 3. The van der Waals surface area contributed by atoms with Crippen LogP contribution in [0.4, 0.5) is 0 Å². The molecule has 0 saturated carbocycles. The molecule has 3 rings (SSSR count). The van der Waals surface area contributed by atoms with Crippen molar-refractivity contribution < 1.29 is 4.79 Å². The Bertz CT molecular complexity index is 585. The Balaban J connectivity index is 2.32. The van der Waals surface area contributed by atoms with Crippen molar-refractivity contribution in [1.29, 1.82) is 0 Å². The van der Waals surface area contributed by atoms with E-state index in [1.807, 2.05) is 17.5 Å². The third-order valence-corrected chi connectivity index (χ3v) is 3.08. The zero-order valence-corrected chi connectivity index (χ0v) is 9.40. The van der Waals surface area contributed by atoms with Crippen molar-refractivity contribution in [2.24, 2.45) is 5.92 Å². The molecule has 0 aromatic carbocycles. The van der Waals surface area contributed by atoms with Crippen LogP contribution < -0.4 is 0 Å². The lowest BCUT2D eigenvalue weighted by atomic mass is 9.88. The summed E-state index contributed by atoms with van der Waals surface area (Å²) < 4.78 is 1.82. The van der Waals surface area contributed by atoms with E-state index in [2.05, 4.69) is 17.0 Å². The van der Waals surface area contributed by atoms with Gasteiger partial charge in [-0.25, -0.2) is 9.50 Å². The quantitative estimate of drug-likeness (QED) is 0.673. The summed E-state index contributed by atoms with van der Waals surface area (Å²) in [6.45, 7) is 4.04. The van der Waals surface area contributed by atoms with E-state index in [1.165, 1.54) is 0 Å². The predicted molar refractivity (Wildman–Crippen MR) is 59.5 cm³/mol. The smallest absolute Gasteiger partial charge is 0.166 e. The van der Waals surface area contributed by atoms with Gasteiger partial charge in [-0.05, 0) is 19.3 Å². The van der Waals surface area contributed by atoms with E-state index in [0.717, 1.165) is 29.0 Å². The van der Waals surface area contributed by atoms with Crippen LogP contribution in [0.25, 0.3) is 5.65 Å². The largest absolute Gasteiger partial charge is 0.294 e. The molecule has 1 unspecified atom stereocenters. The van der Waals surface area contributed by atoms with Crippen LogP contribution in [0, 0.1) is 12.8 Å². The summed E-state index contributed by atoms with van der Waals surface area (Å²) in [7, 11) is 0. The first-order valence-electron chi connectivity index (χ1n) is 5.52. The second-order valence-corrected chi connectivity index (χ2v) is 4.61. The number of aryl methyl sites for hydroxylation is 1. The van der Waals surface area contributed by atoms with Gasteiger partial charge < -0.3 is 0 Å². The number of ketones is 1. The van der Waals surface area contributed by atoms with Crippen molar-refractivity contribution in [2.75, 3.05) is 0 Å². The van der Waals surface area contributed by atoms with E-state index >= 15 is 0 Å². The fraction of sp³-hybridized carbons (Fsp3) is 0.417. The van der Waals surface area contributed by atoms with Crippen molar-refractivity contribution in [3.05, 3.63) is 29.2 Å². The number of Topliss-reactive ketones (excluding diaryl/α,β-unsaturated/α-hetero) is 1. The van der Waals surface area contributed by atoms with E-state index in [4.69, 9.17) is 0 Å². The average Bonchev–Trinajstić information content (AvgIpc) is 2.58. The van der Waals surface area contributed by atoms with Crippen LogP contribution in [0.5, 0.6) is 0 Å². The second kappa shape index (κ2) is 3.14. The molecule has 0 bridgehead atoms. The van der Waals surface area contributed by atoms with Crippen LogP contribution >= 0.6 is 0 Å². The van der Waals surface area contributed by atoms with Crippen molar-refractivity contribution in [1.82, 2.24) is 14.6 Å². The van der Waals surface area contributed by atoms with E-state index in [-0.39, 0.29) is 5.78 Å². The zero-order chi connectivity index (χ0) is 11.3. The lowest BCUT2D eigenvalue weighted by Gasteiger charge is -2.20. The molecule has 16 heavy (non-hydrogen) atoms. The van der Waals surface area contributed by atoms with Gasteiger partial charge >= 0.3 is 0 Å². The lowest BCUT2D eigenvalue weighted by Crippen LogP contribution is -2.21. The Labute approximate surface area is 93.3 Å². The minimum absolute atomic E-state index is 0.191. The fourth-order valence-electron chi connectivity index (χ4n) is 2.35. The Morgan fingerprint density at radius 2 is 2.25 bits per heavy atom. The van der Waals surface area contributed by atoms with Gasteiger partial charge in [0.15, 0.2) is 11.4 Å². The maximum Gasteiger partial charge on any atom is 0.166 e. The first kappa shape index (κ1) is 9.51. The average molecular weight is 215 g/mol. The molecule has 0 aliphatic heterocycles. The fourth-order valence-corrected chi connectivity index (χ4v) is 2.35. The topological polar surface area (TPSA) is 47.3 Å². The maximum atomic E-state index is 11.9. The van der Waals surface area contributed by atoms with E-state index < -0.39 is 0 Å². The lowest BCUT2D eigenvalue weighted by molar-refractivity contribution is 0.0951. The van der Waals surface area contributed by atoms with Gasteiger partial charge in [-0.15, -0.1) is 0 Å². The van der Waals surface area contributed by atoms with Gasteiger partial charge in [0, 0.05) is 18.7 Å². The van der Waals surface area contributed by atoms with Gasteiger partial charge in [-0.1, -0.05) is 6.92 Å². The summed E-state index contributed by atoms with van der Waals surface area (Å²) >= 11 is 0. The molecular weight excluding hydrogens is 202 g/mol. The Kier molecular flexibility index (Phi) is 1.87. The van der Waals surface area contributed by atoms with Gasteiger partial charge in [-0.2, -0.15) is 5.10 Å². The number of aromatic nitrogens is 3. The number of carbonyl (C=O) groups excluding carboxylic acids is 1. The van der Waals surface area contributed by atoms with Gasteiger partial charge in [0.05, 0.1) is 17.0 Å². The highest BCUT2D eigenvalue weighted by molar-refractivity contribution is 5.98. The highest BCUT2D eigenvalue weighted by atomic mass is 16.1. The molecule has 1 aliphatic rings. The third-order valence-electron chi connectivity index (χ3n) is 3.08. The molecule has 0 N–H and O–H groups in total. The number of hydrogen-bond donors (Lipinski definition) is 0. The minimum atomic E-state index is 0.191. The second-order valence-electron chi connectivity index (χ2n) is 4.61.